The fourth-order valence-corrected chi connectivity index (χ4v) is 1.77. The minimum Gasteiger partial charge on any atom is -0.313 e. The van der Waals surface area contributed by atoms with Gasteiger partial charge in [-0.25, -0.2) is 0 Å². The van der Waals surface area contributed by atoms with Gasteiger partial charge in [0.25, 0.3) is 0 Å². The van der Waals surface area contributed by atoms with E-state index in [4.69, 9.17) is 0 Å². The Labute approximate surface area is 81.0 Å². The lowest BCUT2D eigenvalue weighted by Crippen LogP contribution is -2.16. The zero-order valence-corrected chi connectivity index (χ0v) is 9.34. The highest BCUT2D eigenvalue weighted by Crippen LogP contribution is 2.10. The van der Waals surface area contributed by atoms with Crippen LogP contribution in [0.3, 0.4) is 0 Å². The second-order valence-electron chi connectivity index (χ2n) is 3.44. The average molecular weight is 187 g/mol. The van der Waals surface area contributed by atoms with Gasteiger partial charge in [0.2, 0.25) is 0 Å². The Morgan fingerprint density at radius 1 is 1.50 bits per heavy atom. The average Bonchev–Trinajstić information content (AvgIpc) is 2.00. The highest BCUT2D eigenvalue weighted by molar-refractivity contribution is 7.99. The van der Waals surface area contributed by atoms with Crippen molar-refractivity contribution < 1.29 is 0 Å². The lowest BCUT2D eigenvalue weighted by Gasteiger charge is -2.07. The Hall–Kier alpha value is 0.0500. The van der Waals surface area contributed by atoms with Crippen LogP contribution in [0.15, 0.2) is 12.2 Å². The maximum absolute atomic E-state index is 4.01. The van der Waals surface area contributed by atoms with Crippen molar-refractivity contribution in [2.75, 3.05) is 24.6 Å². The number of likely N-dealkylation sites (N-methyl/N-ethyl adjacent to an activating group) is 1. The van der Waals surface area contributed by atoms with Gasteiger partial charge in [-0.1, -0.05) is 32.9 Å². The first-order chi connectivity index (χ1) is 5.66. The maximum Gasteiger partial charge on any atom is 0.0170 e. The third kappa shape index (κ3) is 8.15. The summed E-state index contributed by atoms with van der Waals surface area (Å²) in [6.45, 7) is 12.6. The van der Waals surface area contributed by atoms with E-state index in [9.17, 15) is 0 Å². The van der Waals surface area contributed by atoms with Crippen LogP contribution in [0.4, 0.5) is 0 Å². The fraction of sp³-hybridized carbons (Fsp3) is 0.800. The summed E-state index contributed by atoms with van der Waals surface area (Å²) in [5, 5.41) is 3.27. The van der Waals surface area contributed by atoms with Crippen molar-refractivity contribution in [2.24, 2.45) is 5.92 Å². The van der Waals surface area contributed by atoms with Gasteiger partial charge < -0.3 is 5.32 Å². The highest BCUT2D eigenvalue weighted by atomic mass is 32.2. The molecule has 2 heteroatoms. The Morgan fingerprint density at radius 2 is 2.17 bits per heavy atom. The monoisotopic (exact) mass is 187 g/mol. The molecule has 72 valence electrons. The number of hydrogen-bond donors (Lipinski definition) is 1. The van der Waals surface area contributed by atoms with Crippen LogP contribution in [0.5, 0.6) is 0 Å². The molecule has 0 heterocycles. The Morgan fingerprint density at radius 3 is 2.67 bits per heavy atom. The van der Waals surface area contributed by atoms with Gasteiger partial charge in [-0.05, 0) is 18.2 Å². The second-order valence-corrected chi connectivity index (χ2v) is 4.47. The minimum absolute atomic E-state index is 0.793. The minimum atomic E-state index is 0.793. The molecular formula is C10H21NS. The van der Waals surface area contributed by atoms with Crippen LogP contribution in [0.1, 0.15) is 20.8 Å². The molecule has 0 aromatic heterocycles. The summed E-state index contributed by atoms with van der Waals surface area (Å²) in [7, 11) is 0. The van der Waals surface area contributed by atoms with Gasteiger partial charge in [-0.15, -0.1) is 0 Å². The molecule has 0 saturated heterocycles. The molecule has 0 aliphatic heterocycles. The zero-order valence-electron chi connectivity index (χ0n) is 8.52. The summed E-state index contributed by atoms with van der Waals surface area (Å²) in [4.78, 5) is 0. The smallest absolute Gasteiger partial charge is 0.0170 e. The van der Waals surface area contributed by atoms with Gasteiger partial charge in [0.1, 0.15) is 0 Å². The van der Waals surface area contributed by atoms with Crippen molar-refractivity contribution in [2.45, 2.75) is 20.8 Å². The Bertz CT molecular complexity index is 121. The SMILES string of the molecule is C=C(CNCC)CSCC(C)C. The van der Waals surface area contributed by atoms with Crippen molar-refractivity contribution in [1.82, 2.24) is 5.32 Å². The standard InChI is InChI=1S/C10H21NS/c1-5-11-6-10(4)8-12-7-9(2)3/h9,11H,4-8H2,1-3H3. The molecule has 0 amide bonds. The first kappa shape index (κ1) is 12.0. The van der Waals surface area contributed by atoms with Crippen LogP contribution in [0.2, 0.25) is 0 Å². The van der Waals surface area contributed by atoms with E-state index in [0.29, 0.717) is 0 Å². The molecule has 0 aromatic rings. The van der Waals surface area contributed by atoms with E-state index >= 15 is 0 Å². The fourth-order valence-electron chi connectivity index (χ4n) is 0.792. The van der Waals surface area contributed by atoms with E-state index in [-0.39, 0.29) is 0 Å². The Balaban J connectivity index is 3.20. The lowest BCUT2D eigenvalue weighted by molar-refractivity contribution is 0.749. The summed E-state index contributed by atoms with van der Waals surface area (Å²) in [6.07, 6.45) is 0. The first-order valence-electron chi connectivity index (χ1n) is 4.62. The van der Waals surface area contributed by atoms with Gasteiger partial charge in [-0.3, -0.25) is 0 Å². The van der Waals surface area contributed by atoms with Crippen molar-refractivity contribution in [3.63, 3.8) is 0 Å². The first-order valence-corrected chi connectivity index (χ1v) is 5.77. The molecule has 0 saturated carbocycles. The summed E-state index contributed by atoms with van der Waals surface area (Å²) in [6, 6.07) is 0. The summed E-state index contributed by atoms with van der Waals surface area (Å²) in [5.41, 5.74) is 1.31. The van der Waals surface area contributed by atoms with E-state index in [2.05, 4.69) is 32.7 Å². The molecule has 0 rings (SSSR count). The molecule has 12 heavy (non-hydrogen) atoms. The lowest BCUT2D eigenvalue weighted by atomic mass is 10.3. The van der Waals surface area contributed by atoms with Crippen molar-refractivity contribution in [3.05, 3.63) is 12.2 Å². The van der Waals surface area contributed by atoms with Crippen LogP contribution in [0, 0.1) is 5.92 Å². The normalized spacial score (nSPS) is 10.7. The molecule has 0 bridgehead atoms. The van der Waals surface area contributed by atoms with Gasteiger partial charge in [0, 0.05) is 12.3 Å². The molecular weight excluding hydrogens is 166 g/mol. The highest BCUT2D eigenvalue weighted by Gasteiger charge is 1.96. The van der Waals surface area contributed by atoms with Gasteiger partial charge >= 0.3 is 0 Å². The number of rotatable bonds is 7. The molecule has 0 fully saturated rings. The van der Waals surface area contributed by atoms with E-state index in [1.165, 1.54) is 11.3 Å². The van der Waals surface area contributed by atoms with Gasteiger partial charge in [-0.2, -0.15) is 11.8 Å². The van der Waals surface area contributed by atoms with E-state index in [1.807, 2.05) is 11.8 Å². The molecule has 0 aromatic carbocycles. The van der Waals surface area contributed by atoms with Crippen LogP contribution >= 0.6 is 11.8 Å². The molecule has 1 nitrogen and oxygen atoms in total. The Kier molecular flexibility index (Phi) is 7.72. The van der Waals surface area contributed by atoms with E-state index in [1.54, 1.807) is 0 Å². The van der Waals surface area contributed by atoms with E-state index < -0.39 is 0 Å². The second kappa shape index (κ2) is 7.69. The van der Waals surface area contributed by atoms with Crippen LogP contribution in [-0.4, -0.2) is 24.6 Å². The van der Waals surface area contributed by atoms with E-state index in [0.717, 1.165) is 24.8 Å². The van der Waals surface area contributed by atoms with Gasteiger partial charge in [0.05, 0.1) is 0 Å². The molecule has 0 spiro atoms. The molecule has 0 unspecified atom stereocenters. The third-order valence-electron chi connectivity index (χ3n) is 1.38. The summed E-state index contributed by atoms with van der Waals surface area (Å²) >= 11 is 1.98. The number of hydrogen-bond acceptors (Lipinski definition) is 2. The number of nitrogens with one attached hydrogen (secondary N) is 1. The molecule has 0 radical (unpaired) electrons. The van der Waals surface area contributed by atoms with Crippen LogP contribution in [-0.2, 0) is 0 Å². The third-order valence-corrected chi connectivity index (χ3v) is 2.90. The summed E-state index contributed by atoms with van der Waals surface area (Å²) in [5.74, 6) is 3.14. The topological polar surface area (TPSA) is 12.0 Å². The molecule has 0 aliphatic rings. The van der Waals surface area contributed by atoms with Crippen LogP contribution < -0.4 is 5.32 Å². The van der Waals surface area contributed by atoms with Crippen LogP contribution in [0.25, 0.3) is 0 Å². The van der Waals surface area contributed by atoms with Gasteiger partial charge in [0.15, 0.2) is 0 Å². The predicted octanol–water partition coefficient (Wildman–Crippen LogP) is 2.54. The predicted molar refractivity (Wildman–Crippen MR) is 59.8 cm³/mol. The maximum atomic E-state index is 4.01. The van der Waals surface area contributed by atoms with Crippen molar-refractivity contribution in [1.29, 1.82) is 0 Å². The largest absolute Gasteiger partial charge is 0.313 e. The summed E-state index contributed by atoms with van der Waals surface area (Å²) < 4.78 is 0. The quantitative estimate of drug-likeness (QED) is 0.615. The zero-order chi connectivity index (χ0) is 9.40. The molecule has 0 aliphatic carbocycles. The van der Waals surface area contributed by atoms with Crippen molar-refractivity contribution >= 4 is 11.8 Å². The number of thioether (sulfide) groups is 1. The molecule has 0 atom stereocenters. The molecule has 1 N–H and O–H groups in total. The van der Waals surface area contributed by atoms with Crippen molar-refractivity contribution in [3.8, 4) is 0 Å².